The fourth-order valence-electron chi connectivity index (χ4n) is 1.01. The van der Waals surface area contributed by atoms with Crippen LogP contribution in [-0.2, 0) is 6.42 Å². The molecule has 3 nitrogen and oxygen atoms in total. The van der Waals surface area contributed by atoms with Crippen molar-refractivity contribution in [1.82, 2.24) is 0 Å². The molecule has 0 heterocycles. The van der Waals surface area contributed by atoms with Gasteiger partial charge in [0.1, 0.15) is 0 Å². The molecule has 0 saturated carbocycles. The molecule has 0 spiro atoms. The smallest absolute Gasteiger partial charge is 0.157 e. The standard InChI is InChI=1S/C10H12O3/c1-7(11)2-3-8-4-5-9(12)10(13)6-8/h4-6,11-13H,1-3H2. The Morgan fingerprint density at radius 1 is 1.23 bits per heavy atom. The fourth-order valence-corrected chi connectivity index (χ4v) is 1.01. The number of allylic oxidation sites excluding steroid dienone is 1. The molecule has 0 fully saturated rings. The van der Waals surface area contributed by atoms with Crippen molar-refractivity contribution in [3.8, 4) is 11.5 Å². The van der Waals surface area contributed by atoms with Crippen molar-refractivity contribution in [2.45, 2.75) is 12.8 Å². The fraction of sp³-hybridized carbons (Fsp3) is 0.200. The molecule has 3 heteroatoms. The maximum absolute atomic E-state index is 9.13. The molecule has 0 aliphatic carbocycles. The molecule has 0 radical (unpaired) electrons. The third-order valence-electron chi connectivity index (χ3n) is 1.74. The molecule has 0 aliphatic rings. The molecule has 0 atom stereocenters. The number of aliphatic hydroxyl groups is 1. The van der Waals surface area contributed by atoms with Crippen molar-refractivity contribution in [2.75, 3.05) is 0 Å². The Hall–Kier alpha value is -1.64. The monoisotopic (exact) mass is 180 g/mol. The lowest BCUT2D eigenvalue weighted by Crippen LogP contribution is -1.86. The zero-order valence-corrected chi connectivity index (χ0v) is 7.20. The van der Waals surface area contributed by atoms with Crippen LogP contribution >= 0.6 is 0 Å². The number of rotatable bonds is 3. The van der Waals surface area contributed by atoms with Gasteiger partial charge in [0.25, 0.3) is 0 Å². The van der Waals surface area contributed by atoms with Gasteiger partial charge in [0, 0.05) is 6.42 Å². The second-order valence-corrected chi connectivity index (χ2v) is 2.89. The molecule has 70 valence electrons. The maximum atomic E-state index is 9.13. The van der Waals surface area contributed by atoms with Crippen molar-refractivity contribution in [3.05, 3.63) is 36.1 Å². The van der Waals surface area contributed by atoms with Gasteiger partial charge < -0.3 is 15.3 Å². The highest BCUT2D eigenvalue weighted by Crippen LogP contribution is 2.25. The Morgan fingerprint density at radius 2 is 1.92 bits per heavy atom. The molecule has 1 aromatic rings. The largest absolute Gasteiger partial charge is 0.513 e. The predicted octanol–water partition coefficient (Wildman–Crippen LogP) is 2.10. The van der Waals surface area contributed by atoms with Crippen LogP contribution in [0.4, 0.5) is 0 Å². The van der Waals surface area contributed by atoms with Gasteiger partial charge in [0.2, 0.25) is 0 Å². The van der Waals surface area contributed by atoms with Crippen molar-refractivity contribution in [3.63, 3.8) is 0 Å². The third kappa shape index (κ3) is 2.71. The third-order valence-corrected chi connectivity index (χ3v) is 1.74. The second-order valence-electron chi connectivity index (χ2n) is 2.89. The van der Waals surface area contributed by atoms with Gasteiger partial charge >= 0.3 is 0 Å². The summed E-state index contributed by atoms with van der Waals surface area (Å²) >= 11 is 0. The lowest BCUT2D eigenvalue weighted by molar-refractivity contribution is 0.390. The Morgan fingerprint density at radius 3 is 2.46 bits per heavy atom. The molecular formula is C10H12O3. The highest BCUT2D eigenvalue weighted by Gasteiger charge is 2.00. The molecule has 3 N–H and O–H groups in total. The van der Waals surface area contributed by atoms with E-state index in [0.717, 1.165) is 5.56 Å². The van der Waals surface area contributed by atoms with Crippen LogP contribution in [0.3, 0.4) is 0 Å². The Balaban J connectivity index is 2.68. The summed E-state index contributed by atoms with van der Waals surface area (Å²) in [5.74, 6) is -0.153. The molecule has 0 amide bonds. The van der Waals surface area contributed by atoms with Gasteiger partial charge in [-0.3, -0.25) is 0 Å². The van der Waals surface area contributed by atoms with Crippen LogP contribution in [0.25, 0.3) is 0 Å². The van der Waals surface area contributed by atoms with E-state index in [9.17, 15) is 0 Å². The normalized spacial score (nSPS) is 9.85. The molecule has 13 heavy (non-hydrogen) atoms. The summed E-state index contributed by atoms with van der Waals surface area (Å²) in [6.07, 6.45) is 1.06. The van der Waals surface area contributed by atoms with Crippen LogP contribution < -0.4 is 0 Å². The van der Waals surface area contributed by atoms with Gasteiger partial charge in [-0.15, -0.1) is 0 Å². The molecular weight excluding hydrogens is 168 g/mol. The minimum Gasteiger partial charge on any atom is -0.513 e. The van der Waals surface area contributed by atoms with Crippen LogP contribution in [0.1, 0.15) is 12.0 Å². The van der Waals surface area contributed by atoms with Gasteiger partial charge in [-0.05, 0) is 24.1 Å². The minimum absolute atomic E-state index is 0.118. The number of aliphatic hydroxyl groups excluding tert-OH is 1. The molecule has 0 unspecified atom stereocenters. The summed E-state index contributed by atoms with van der Waals surface area (Å²) in [6.45, 7) is 3.35. The number of aromatic hydroxyl groups is 2. The van der Waals surface area contributed by atoms with E-state index in [1.807, 2.05) is 0 Å². The second kappa shape index (κ2) is 3.85. The summed E-state index contributed by atoms with van der Waals surface area (Å²) in [6, 6.07) is 4.58. The average Bonchev–Trinajstić information content (AvgIpc) is 2.07. The Labute approximate surface area is 76.6 Å². The van der Waals surface area contributed by atoms with E-state index in [1.165, 1.54) is 12.1 Å². The highest BCUT2D eigenvalue weighted by molar-refractivity contribution is 5.40. The number of aryl methyl sites for hydroxylation is 1. The van der Waals surface area contributed by atoms with Crippen LogP contribution in [-0.4, -0.2) is 15.3 Å². The van der Waals surface area contributed by atoms with Gasteiger partial charge in [-0.1, -0.05) is 12.6 Å². The number of hydrogen-bond donors (Lipinski definition) is 3. The first kappa shape index (κ1) is 9.45. The van der Waals surface area contributed by atoms with Crippen molar-refractivity contribution >= 4 is 0 Å². The highest BCUT2D eigenvalue weighted by atomic mass is 16.3. The summed E-state index contributed by atoms with van der Waals surface area (Å²) in [4.78, 5) is 0. The average molecular weight is 180 g/mol. The van der Waals surface area contributed by atoms with Gasteiger partial charge in [0.15, 0.2) is 11.5 Å². The number of hydrogen-bond acceptors (Lipinski definition) is 3. The van der Waals surface area contributed by atoms with E-state index in [1.54, 1.807) is 6.07 Å². The van der Waals surface area contributed by atoms with Crippen LogP contribution in [0.5, 0.6) is 11.5 Å². The van der Waals surface area contributed by atoms with Crippen LogP contribution in [0.2, 0.25) is 0 Å². The van der Waals surface area contributed by atoms with E-state index < -0.39 is 0 Å². The zero-order valence-electron chi connectivity index (χ0n) is 7.20. The molecule has 1 rings (SSSR count). The van der Waals surface area contributed by atoms with Crippen LogP contribution in [0, 0.1) is 0 Å². The minimum atomic E-state index is -0.138. The quantitative estimate of drug-likeness (QED) is 0.493. The molecule has 1 aromatic carbocycles. The van der Waals surface area contributed by atoms with Gasteiger partial charge in [0.05, 0.1) is 5.76 Å². The van der Waals surface area contributed by atoms with E-state index >= 15 is 0 Å². The number of phenolic OH excluding ortho intramolecular Hbond substituents is 2. The predicted molar refractivity (Wildman–Crippen MR) is 49.9 cm³/mol. The Bertz CT molecular complexity index is 318. The Kier molecular flexibility index (Phi) is 2.80. The maximum Gasteiger partial charge on any atom is 0.157 e. The lowest BCUT2D eigenvalue weighted by Gasteiger charge is -2.02. The van der Waals surface area contributed by atoms with Crippen molar-refractivity contribution in [1.29, 1.82) is 0 Å². The zero-order chi connectivity index (χ0) is 9.84. The van der Waals surface area contributed by atoms with E-state index in [0.29, 0.717) is 12.8 Å². The topological polar surface area (TPSA) is 60.7 Å². The molecule has 0 aliphatic heterocycles. The first-order valence-corrected chi connectivity index (χ1v) is 3.97. The van der Waals surface area contributed by atoms with Gasteiger partial charge in [-0.2, -0.15) is 0 Å². The first-order chi connectivity index (χ1) is 6.09. The number of benzene rings is 1. The van der Waals surface area contributed by atoms with E-state index in [-0.39, 0.29) is 17.3 Å². The van der Waals surface area contributed by atoms with Gasteiger partial charge in [-0.25, -0.2) is 0 Å². The lowest BCUT2D eigenvalue weighted by atomic mass is 10.1. The molecule has 0 saturated heterocycles. The SMILES string of the molecule is C=C(O)CCc1ccc(O)c(O)c1. The van der Waals surface area contributed by atoms with E-state index in [2.05, 4.69) is 6.58 Å². The summed E-state index contributed by atoms with van der Waals surface area (Å²) in [5, 5.41) is 27.0. The van der Waals surface area contributed by atoms with E-state index in [4.69, 9.17) is 15.3 Å². The number of phenols is 2. The van der Waals surface area contributed by atoms with Crippen molar-refractivity contribution < 1.29 is 15.3 Å². The van der Waals surface area contributed by atoms with Crippen molar-refractivity contribution in [2.24, 2.45) is 0 Å². The summed E-state index contributed by atoms with van der Waals surface area (Å²) in [7, 11) is 0. The molecule has 0 aromatic heterocycles. The first-order valence-electron chi connectivity index (χ1n) is 3.97. The molecule has 0 bridgehead atoms. The summed E-state index contributed by atoms with van der Waals surface area (Å²) in [5.41, 5.74) is 0.852. The summed E-state index contributed by atoms with van der Waals surface area (Å²) < 4.78 is 0. The van der Waals surface area contributed by atoms with Crippen LogP contribution in [0.15, 0.2) is 30.5 Å².